The van der Waals surface area contributed by atoms with Gasteiger partial charge in [0.25, 0.3) is 0 Å². The van der Waals surface area contributed by atoms with Crippen molar-refractivity contribution in [2.24, 2.45) is 0 Å². The lowest BCUT2D eigenvalue weighted by atomic mass is 9.98. The highest BCUT2D eigenvalue weighted by Gasteiger charge is 2.40. The van der Waals surface area contributed by atoms with Crippen molar-refractivity contribution in [1.82, 2.24) is 14.9 Å². The first kappa shape index (κ1) is 15.6. The van der Waals surface area contributed by atoms with Crippen molar-refractivity contribution >= 4 is 0 Å². The highest BCUT2D eigenvalue weighted by molar-refractivity contribution is 5.31. The van der Waals surface area contributed by atoms with Crippen LogP contribution in [0.15, 0.2) is 30.5 Å². The molecule has 0 radical (unpaired) electrons. The minimum absolute atomic E-state index is 0.216. The number of ether oxygens (including phenoxy) is 1. The van der Waals surface area contributed by atoms with Gasteiger partial charge in [0.1, 0.15) is 11.6 Å². The first-order valence-electron chi connectivity index (χ1n) is 8.94. The summed E-state index contributed by atoms with van der Waals surface area (Å²) in [4.78, 5) is 11.8. The number of benzene rings is 1. The van der Waals surface area contributed by atoms with Gasteiger partial charge in [-0.1, -0.05) is 12.1 Å². The van der Waals surface area contributed by atoms with Crippen molar-refractivity contribution < 1.29 is 4.74 Å². The van der Waals surface area contributed by atoms with Gasteiger partial charge in [0.2, 0.25) is 0 Å². The largest absolute Gasteiger partial charge is 0.491 e. The van der Waals surface area contributed by atoms with E-state index in [1.165, 1.54) is 29.7 Å². The van der Waals surface area contributed by atoms with Gasteiger partial charge in [-0.2, -0.15) is 0 Å². The van der Waals surface area contributed by atoms with Gasteiger partial charge in [0.15, 0.2) is 0 Å². The van der Waals surface area contributed by atoms with Crippen LogP contribution in [0.2, 0.25) is 0 Å². The van der Waals surface area contributed by atoms with Crippen LogP contribution >= 0.6 is 0 Å². The summed E-state index contributed by atoms with van der Waals surface area (Å²) in [7, 11) is 0. The summed E-state index contributed by atoms with van der Waals surface area (Å²) < 4.78 is 5.74. The molecule has 1 fully saturated rings. The van der Waals surface area contributed by atoms with Crippen LogP contribution < -0.4 is 4.74 Å². The molecular weight excluding hydrogens is 298 g/mol. The molecule has 0 spiro atoms. The fourth-order valence-corrected chi connectivity index (χ4v) is 4.08. The van der Waals surface area contributed by atoms with E-state index in [-0.39, 0.29) is 6.10 Å². The molecule has 4 heteroatoms. The number of aryl methyl sites for hydroxylation is 1. The summed E-state index contributed by atoms with van der Waals surface area (Å²) in [6.45, 7) is 7.08. The van der Waals surface area contributed by atoms with Crippen LogP contribution in [0.25, 0.3) is 0 Å². The standard InChI is InChI=1S/C20H25N3O/c1-13(2)24-17-7-4-15(5-8-17)12-23-16-6-9-20(23)18-11-21-14(3)22-19(18)10-16/h4-5,7-8,11,13,16,20H,6,9-10,12H2,1-3H3/t16-,20-/m0/s1. The van der Waals surface area contributed by atoms with Crippen LogP contribution in [0.5, 0.6) is 5.75 Å². The van der Waals surface area contributed by atoms with E-state index < -0.39 is 0 Å². The predicted molar refractivity (Wildman–Crippen MR) is 94.0 cm³/mol. The van der Waals surface area contributed by atoms with Gasteiger partial charge < -0.3 is 4.74 Å². The van der Waals surface area contributed by atoms with Crippen molar-refractivity contribution in [3.8, 4) is 5.75 Å². The highest BCUT2D eigenvalue weighted by atomic mass is 16.5. The Bertz CT molecular complexity index is 726. The van der Waals surface area contributed by atoms with E-state index in [9.17, 15) is 0 Å². The molecule has 4 rings (SSSR count). The molecule has 2 aromatic rings. The Morgan fingerprint density at radius 1 is 1.21 bits per heavy atom. The van der Waals surface area contributed by atoms with Gasteiger partial charge in [-0.25, -0.2) is 9.97 Å². The second-order valence-electron chi connectivity index (χ2n) is 7.25. The number of aromatic nitrogens is 2. The van der Waals surface area contributed by atoms with Gasteiger partial charge in [0.05, 0.1) is 11.8 Å². The van der Waals surface area contributed by atoms with Crippen molar-refractivity contribution in [2.75, 3.05) is 0 Å². The minimum Gasteiger partial charge on any atom is -0.491 e. The zero-order chi connectivity index (χ0) is 16.7. The van der Waals surface area contributed by atoms with E-state index in [4.69, 9.17) is 4.74 Å². The quantitative estimate of drug-likeness (QED) is 0.857. The molecule has 0 saturated carbocycles. The molecule has 126 valence electrons. The summed E-state index contributed by atoms with van der Waals surface area (Å²) in [5.41, 5.74) is 3.96. The molecule has 2 aliphatic heterocycles. The molecule has 3 heterocycles. The summed E-state index contributed by atoms with van der Waals surface area (Å²) in [6, 6.07) is 9.65. The first-order valence-corrected chi connectivity index (χ1v) is 8.94. The van der Waals surface area contributed by atoms with Crippen LogP contribution in [0.4, 0.5) is 0 Å². The van der Waals surface area contributed by atoms with Gasteiger partial charge in [0, 0.05) is 36.8 Å². The van der Waals surface area contributed by atoms with Crippen LogP contribution in [0, 0.1) is 6.92 Å². The van der Waals surface area contributed by atoms with Gasteiger partial charge >= 0.3 is 0 Å². The van der Waals surface area contributed by atoms with E-state index in [1.807, 2.05) is 6.92 Å². The third-order valence-electron chi connectivity index (χ3n) is 5.11. The van der Waals surface area contributed by atoms with Crippen LogP contribution in [0.1, 0.15) is 55.4 Å². The Hall–Kier alpha value is -1.94. The Labute approximate surface area is 143 Å². The molecule has 0 aliphatic carbocycles. The van der Waals surface area contributed by atoms with Gasteiger partial charge in [-0.05, 0) is 51.3 Å². The second kappa shape index (κ2) is 6.17. The van der Waals surface area contributed by atoms with Crippen molar-refractivity contribution in [2.45, 2.75) is 64.8 Å². The molecule has 0 amide bonds. The molecule has 2 bridgehead atoms. The van der Waals surface area contributed by atoms with E-state index >= 15 is 0 Å². The van der Waals surface area contributed by atoms with Crippen molar-refractivity contribution in [3.63, 3.8) is 0 Å². The highest BCUT2D eigenvalue weighted by Crippen LogP contribution is 2.43. The minimum atomic E-state index is 0.216. The average Bonchev–Trinajstić information content (AvgIpc) is 2.82. The molecule has 2 atom stereocenters. The topological polar surface area (TPSA) is 38.2 Å². The van der Waals surface area contributed by atoms with E-state index in [2.05, 4.69) is 59.2 Å². The average molecular weight is 323 g/mol. The van der Waals surface area contributed by atoms with E-state index in [0.29, 0.717) is 12.1 Å². The molecule has 0 unspecified atom stereocenters. The third-order valence-corrected chi connectivity index (χ3v) is 5.11. The molecular formula is C20H25N3O. The van der Waals surface area contributed by atoms with E-state index in [1.54, 1.807) is 0 Å². The van der Waals surface area contributed by atoms with Crippen LogP contribution in [-0.4, -0.2) is 27.0 Å². The zero-order valence-electron chi connectivity index (χ0n) is 14.7. The fraction of sp³-hybridized carbons (Fsp3) is 0.500. The molecule has 4 nitrogen and oxygen atoms in total. The van der Waals surface area contributed by atoms with Crippen molar-refractivity contribution in [3.05, 3.63) is 53.1 Å². The SMILES string of the molecule is Cc1ncc2c(n1)C[C@@H]1CC[C@@H]2N1Cc1ccc(OC(C)C)cc1. The molecule has 1 aromatic heterocycles. The van der Waals surface area contributed by atoms with Crippen LogP contribution in [0.3, 0.4) is 0 Å². The Balaban J connectivity index is 1.52. The maximum absolute atomic E-state index is 5.74. The molecule has 1 aromatic carbocycles. The molecule has 1 saturated heterocycles. The zero-order valence-corrected chi connectivity index (χ0v) is 14.7. The molecule has 24 heavy (non-hydrogen) atoms. The molecule has 2 aliphatic rings. The fourth-order valence-electron chi connectivity index (χ4n) is 4.08. The number of fused-ring (bicyclic) bond motifs is 4. The summed E-state index contributed by atoms with van der Waals surface area (Å²) in [5.74, 6) is 1.84. The summed E-state index contributed by atoms with van der Waals surface area (Å²) in [6.07, 6.45) is 5.81. The summed E-state index contributed by atoms with van der Waals surface area (Å²) >= 11 is 0. The normalized spacial score (nSPS) is 22.7. The van der Waals surface area contributed by atoms with Crippen LogP contribution in [-0.2, 0) is 13.0 Å². The lowest BCUT2D eigenvalue weighted by Crippen LogP contribution is -2.37. The number of rotatable bonds is 4. The maximum atomic E-state index is 5.74. The lowest BCUT2D eigenvalue weighted by molar-refractivity contribution is 0.166. The number of nitrogens with zero attached hydrogens (tertiary/aromatic N) is 3. The number of hydrogen-bond acceptors (Lipinski definition) is 4. The molecule has 0 N–H and O–H groups in total. The Kier molecular flexibility index (Phi) is 4.01. The van der Waals surface area contributed by atoms with E-state index in [0.717, 1.165) is 24.5 Å². The monoisotopic (exact) mass is 323 g/mol. The Morgan fingerprint density at radius 2 is 2.00 bits per heavy atom. The maximum Gasteiger partial charge on any atom is 0.125 e. The Morgan fingerprint density at radius 3 is 2.75 bits per heavy atom. The predicted octanol–water partition coefficient (Wildman–Crippen LogP) is 3.83. The smallest absolute Gasteiger partial charge is 0.125 e. The lowest BCUT2D eigenvalue weighted by Gasteiger charge is -2.35. The summed E-state index contributed by atoms with van der Waals surface area (Å²) in [5, 5.41) is 0. The van der Waals surface area contributed by atoms with Crippen molar-refractivity contribution in [1.29, 1.82) is 0 Å². The number of hydrogen-bond donors (Lipinski definition) is 0. The first-order chi connectivity index (χ1) is 11.6. The second-order valence-corrected chi connectivity index (χ2v) is 7.25. The third kappa shape index (κ3) is 2.91. The van der Waals surface area contributed by atoms with Gasteiger partial charge in [-0.3, -0.25) is 4.90 Å². The van der Waals surface area contributed by atoms with Gasteiger partial charge in [-0.15, -0.1) is 0 Å².